The Morgan fingerprint density at radius 1 is 0.951 bits per heavy atom. The van der Waals surface area contributed by atoms with E-state index in [-0.39, 0.29) is 18.2 Å². The van der Waals surface area contributed by atoms with E-state index in [9.17, 15) is 24.6 Å². The van der Waals surface area contributed by atoms with E-state index in [2.05, 4.69) is 12.2 Å². The summed E-state index contributed by atoms with van der Waals surface area (Å²) < 4.78 is 10.8. The van der Waals surface area contributed by atoms with Crippen molar-refractivity contribution < 1.29 is 34.1 Å². The zero-order chi connectivity index (χ0) is 30.6. The maximum atomic E-state index is 13.0. The highest BCUT2D eigenvalue weighted by molar-refractivity contribution is 5.89. The van der Waals surface area contributed by atoms with E-state index in [1.807, 2.05) is 13.8 Å². The van der Waals surface area contributed by atoms with Crippen molar-refractivity contribution in [2.24, 2.45) is 5.92 Å². The molecule has 2 amide bonds. The number of methoxy groups -OCH3 is 1. The third-order valence-electron chi connectivity index (χ3n) is 7.67. The van der Waals surface area contributed by atoms with Gasteiger partial charge >= 0.3 is 5.97 Å². The molecule has 0 aromatic carbocycles. The number of carbonyl (C=O) groups is 3. The molecule has 0 radical (unpaired) electrons. The van der Waals surface area contributed by atoms with Crippen molar-refractivity contribution in [1.82, 2.24) is 10.2 Å². The number of unbranched alkanes of at least 4 members (excludes halogenated alkanes) is 10. The number of allylic oxidation sites excluding steroid dienone is 1. The second kappa shape index (κ2) is 21.7. The van der Waals surface area contributed by atoms with Crippen LogP contribution in [-0.2, 0) is 23.9 Å². The third-order valence-corrected chi connectivity index (χ3v) is 7.67. The number of nitrogens with one attached hydrogen (secondary N) is 1. The summed E-state index contributed by atoms with van der Waals surface area (Å²) in [4.78, 5) is 39.8. The molecule has 1 heterocycles. The van der Waals surface area contributed by atoms with Crippen LogP contribution in [0.5, 0.6) is 0 Å². The van der Waals surface area contributed by atoms with Gasteiger partial charge in [0.15, 0.2) is 6.10 Å². The third kappa shape index (κ3) is 15.2. The Bertz CT molecular complexity index is 773. The first kappa shape index (κ1) is 37.1. The van der Waals surface area contributed by atoms with Crippen LogP contribution in [0.3, 0.4) is 0 Å². The zero-order valence-electron chi connectivity index (χ0n) is 26.3. The van der Waals surface area contributed by atoms with Gasteiger partial charge in [-0.2, -0.15) is 0 Å². The molecule has 3 N–H and O–H groups in total. The number of amides is 2. The minimum Gasteiger partial charge on any atom is -0.455 e. The van der Waals surface area contributed by atoms with Crippen molar-refractivity contribution >= 4 is 17.8 Å². The molecule has 1 saturated heterocycles. The molecule has 0 aromatic rings. The van der Waals surface area contributed by atoms with Crippen LogP contribution in [0.4, 0.5) is 0 Å². The molecule has 0 spiro atoms. The number of likely N-dealkylation sites (tertiary alicyclic amines) is 1. The topological polar surface area (TPSA) is 125 Å². The van der Waals surface area contributed by atoms with Crippen LogP contribution in [0.15, 0.2) is 12.2 Å². The lowest BCUT2D eigenvalue weighted by atomic mass is 10.00. The molecule has 238 valence electrons. The number of aliphatic hydroxyl groups excluding tert-OH is 2. The molecule has 1 aliphatic heterocycles. The Labute approximate surface area is 248 Å². The zero-order valence-corrected chi connectivity index (χ0v) is 26.3. The lowest BCUT2D eigenvalue weighted by Gasteiger charge is -2.30. The van der Waals surface area contributed by atoms with Gasteiger partial charge in [0, 0.05) is 27.1 Å². The van der Waals surface area contributed by atoms with Crippen LogP contribution in [0.25, 0.3) is 0 Å². The summed E-state index contributed by atoms with van der Waals surface area (Å²) in [6.07, 6.45) is 12.7. The van der Waals surface area contributed by atoms with E-state index in [4.69, 9.17) is 9.47 Å². The monoisotopic (exact) mass is 582 g/mol. The fourth-order valence-electron chi connectivity index (χ4n) is 5.06. The van der Waals surface area contributed by atoms with Gasteiger partial charge in [0.25, 0.3) is 5.91 Å². The number of hydrogen-bond acceptors (Lipinski definition) is 7. The highest BCUT2D eigenvalue weighted by Crippen LogP contribution is 2.17. The van der Waals surface area contributed by atoms with Crippen molar-refractivity contribution in [3.05, 3.63) is 12.2 Å². The van der Waals surface area contributed by atoms with Crippen molar-refractivity contribution in [3.63, 3.8) is 0 Å². The Morgan fingerprint density at radius 2 is 1.54 bits per heavy atom. The van der Waals surface area contributed by atoms with E-state index in [0.717, 1.165) is 32.1 Å². The van der Waals surface area contributed by atoms with Gasteiger partial charge in [-0.1, -0.05) is 91.1 Å². The van der Waals surface area contributed by atoms with Gasteiger partial charge in [-0.15, -0.1) is 0 Å². The summed E-state index contributed by atoms with van der Waals surface area (Å²) in [5.41, 5.74) is 0. The van der Waals surface area contributed by atoms with E-state index in [1.54, 1.807) is 24.1 Å². The SMILES string of the molecule is CCCCCCCCCCCCCC(=O)OC(/C=C/C(C)C)C(O)C(O)C(OC)C(=O)NC1CCCCN(C)C1=O. The Morgan fingerprint density at radius 3 is 2.10 bits per heavy atom. The molecule has 0 aliphatic carbocycles. The molecular formula is C32H58N2O7. The molecule has 1 aliphatic rings. The standard InChI is InChI=1S/C32H58N2O7/c1-6-7-8-9-10-11-12-13-14-15-16-20-27(35)41-26(22-21-24(2)3)28(36)29(37)30(40-5)31(38)33-25-19-17-18-23-34(4)32(25)39/h21-22,24-26,28-30,36-37H,6-20,23H2,1-5H3,(H,33,38)/b22-21+. The van der Waals surface area contributed by atoms with Crippen LogP contribution < -0.4 is 5.32 Å². The van der Waals surface area contributed by atoms with E-state index in [1.165, 1.54) is 52.1 Å². The molecule has 9 nitrogen and oxygen atoms in total. The molecule has 0 bridgehead atoms. The fourth-order valence-corrected chi connectivity index (χ4v) is 5.06. The molecule has 0 saturated carbocycles. The van der Waals surface area contributed by atoms with Crippen LogP contribution in [0, 0.1) is 5.92 Å². The molecule has 1 rings (SSSR count). The van der Waals surface area contributed by atoms with Crippen LogP contribution >= 0.6 is 0 Å². The van der Waals surface area contributed by atoms with Crippen LogP contribution in [-0.4, -0.2) is 84.1 Å². The van der Waals surface area contributed by atoms with Gasteiger partial charge in [0.05, 0.1) is 0 Å². The van der Waals surface area contributed by atoms with Gasteiger partial charge in [0.2, 0.25) is 5.91 Å². The lowest BCUT2D eigenvalue weighted by Crippen LogP contribution is -2.55. The van der Waals surface area contributed by atoms with Gasteiger partial charge in [-0.05, 0) is 37.7 Å². The van der Waals surface area contributed by atoms with Crippen molar-refractivity contribution in [3.8, 4) is 0 Å². The van der Waals surface area contributed by atoms with Gasteiger partial charge in [0.1, 0.15) is 24.4 Å². The first-order valence-electron chi connectivity index (χ1n) is 15.9. The van der Waals surface area contributed by atoms with Crippen molar-refractivity contribution in [2.75, 3.05) is 20.7 Å². The molecule has 9 heteroatoms. The van der Waals surface area contributed by atoms with Gasteiger partial charge in [-0.25, -0.2) is 0 Å². The maximum Gasteiger partial charge on any atom is 0.306 e. The Hall–Kier alpha value is -1.97. The predicted molar refractivity (Wildman–Crippen MR) is 161 cm³/mol. The van der Waals surface area contributed by atoms with Crippen molar-refractivity contribution in [2.45, 2.75) is 148 Å². The normalized spacial score (nSPS) is 19.2. The van der Waals surface area contributed by atoms with E-state index >= 15 is 0 Å². The van der Waals surface area contributed by atoms with Gasteiger partial charge in [-0.3, -0.25) is 14.4 Å². The number of rotatable bonds is 21. The minimum absolute atomic E-state index is 0.118. The molecule has 5 unspecified atom stereocenters. The molecule has 1 fully saturated rings. The molecule has 41 heavy (non-hydrogen) atoms. The first-order chi connectivity index (χ1) is 19.6. The van der Waals surface area contributed by atoms with Crippen LogP contribution in [0.2, 0.25) is 0 Å². The summed E-state index contributed by atoms with van der Waals surface area (Å²) in [6.45, 7) is 6.73. The molecular weight excluding hydrogens is 524 g/mol. The number of likely N-dealkylation sites (N-methyl/N-ethyl adjacent to an activating group) is 1. The highest BCUT2D eigenvalue weighted by Gasteiger charge is 2.39. The van der Waals surface area contributed by atoms with Crippen molar-refractivity contribution in [1.29, 1.82) is 0 Å². The average Bonchev–Trinajstić information content (AvgIpc) is 3.09. The van der Waals surface area contributed by atoms with Crippen LogP contribution in [0.1, 0.15) is 117 Å². The highest BCUT2D eigenvalue weighted by atomic mass is 16.6. The predicted octanol–water partition coefficient (Wildman–Crippen LogP) is 4.68. The number of esters is 1. The van der Waals surface area contributed by atoms with E-state index in [0.29, 0.717) is 19.4 Å². The Kier molecular flexibility index (Phi) is 19.6. The summed E-state index contributed by atoms with van der Waals surface area (Å²) in [5, 5.41) is 24.6. The summed E-state index contributed by atoms with van der Waals surface area (Å²) in [6, 6.07) is -0.725. The largest absolute Gasteiger partial charge is 0.455 e. The average molecular weight is 583 g/mol. The van der Waals surface area contributed by atoms with Gasteiger partial charge < -0.3 is 29.9 Å². The second-order valence-electron chi connectivity index (χ2n) is 11.8. The quantitative estimate of drug-likeness (QED) is 0.102. The summed E-state index contributed by atoms with van der Waals surface area (Å²) in [7, 11) is 2.94. The lowest BCUT2D eigenvalue weighted by molar-refractivity contribution is -0.164. The number of hydrogen-bond donors (Lipinski definition) is 3. The summed E-state index contributed by atoms with van der Waals surface area (Å²) >= 11 is 0. The number of aliphatic hydroxyl groups is 2. The number of nitrogens with zero attached hydrogens (tertiary/aromatic N) is 1. The number of carbonyl (C=O) groups excluding carboxylic acids is 3. The first-order valence-corrected chi connectivity index (χ1v) is 15.9. The Balaban J connectivity index is 2.61. The number of ether oxygens (including phenoxy) is 2. The summed E-state index contributed by atoms with van der Waals surface area (Å²) in [5.74, 6) is -1.25. The smallest absolute Gasteiger partial charge is 0.306 e. The second-order valence-corrected chi connectivity index (χ2v) is 11.8. The minimum atomic E-state index is -1.69. The van der Waals surface area contributed by atoms with E-state index < -0.39 is 42.3 Å². The molecule has 0 aromatic heterocycles. The molecule has 5 atom stereocenters. The fraction of sp³-hybridized carbons (Fsp3) is 0.844. The maximum absolute atomic E-state index is 13.0.